The van der Waals surface area contributed by atoms with Crippen LogP contribution in [0.5, 0.6) is 11.5 Å². The molecule has 3 nitrogen and oxygen atoms in total. The molecule has 0 saturated heterocycles. The van der Waals surface area contributed by atoms with Gasteiger partial charge in [-0.05, 0) is 42.9 Å². The van der Waals surface area contributed by atoms with Crippen molar-refractivity contribution in [1.82, 2.24) is 4.98 Å². The van der Waals surface area contributed by atoms with Crippen LogP contribution >= 0.6 is 0 Å². The van der Waals surface area contributed by atoms with Gasteiger partial charge in [0.05, 0.1) is 5.52 Å². The third-order valence-corrected chi connectivity index (χ3v) is 3.10. The van der Waals surface area contributed by atoms with Gasteiger partial charge in [-0.3, -0.25) is 4.98 Å². The van der Waals surface area contributed by atoms with Crippen molar-refractivity contribution in [1.29, 1.82) is 0 Å². The number of benzene rings is 2. The number of nitrogens with zero attached hydrogens (tertiary/aromatic N) is 1. The topological polar surface area (TPSA) is 48.1 Å². The second kappa shape index (κ2) is 5.72. The Bertz CT molecular complexity index is 711. The lowest BCUT2D eigenvalue weighted by Gasteiger charge is -2.07. The normalized spacial score (nSPS) is 10.7. The minimum Gasteiger partial charge on any atom is -0.457 e. The number of fused-ring (bicyclic) bond motifs is 1. The summed E-state index contributed by atoms with van der Waals surface area (Å²) in [7, 11) is 0. The average Bonchev–Trinajstić information content (AvgIpc) is 2.49. The molecule has 0 fully saturated rings. The van der Waals surface area contributed by atoms with Crippen molar-refractivity contribution in [3.63, 3.8) is 0 Å². The van der Waals surface area contributed by atoms with Crippen LogP contribution in [0.3, 0.4) is 0 Å². The van der Waals surface area contributed by atoms with Gasteiger partial charge in [0, 0.05) is 17.5 Å². The van der Waals surface area contributed by atoms with E-state index in [1.54, 1.807) is 0 Å². The Hall–Kier alpha value is -2.39. The first-order valence-electron chi connectivity index (χ1n) is 6.68. The molecule has 1 heterocycles. The Morgan fingerprint density at radius 1 is 0.900 bits per heavy atom. The van der Waals surface area contributed by atoms with Gasteiger partial charge in [0.2, 0.25) is 0 Å². The molecule has 2 N–H and O–H groups in total. The monoisotopic (exact) mass is 264 g/mol. The first kappa shape index (κ1) is 12.6. The van der Waals surface area contributed by atoms with Crippen LogP contribution < -0.4 is 10.5 Å². The van der Waals surface area contributed by atoms with E-state index in [1.807, 2.05) is 54.6 Å². The lowest BCUT2D eigenvalue weighted by atomic mass is 10.1. The summed E-state index contributed by atoms with van der Waals surface area (Å²) in [6, 6.07) is 19.8. The lowest BCUT2D eigenvalue weighted by molar-refractivity contribution is 0.483. The van der Waals surface area contributed by atoms with E-state index in [9.17, 15) is 0 Å². The molecule has 3 aromatic rings. The molecule has 0 saturated carbocycles. The zero-order valence-corrected chi connectivity index (χ0v) is 11.1. The van der Waals surface area contributed by atoms with E-state index < -0.39 is 0 Å². The van der Waals surface area contributed by atoms with E-state index in [-0.39, 0.29) is 0 Å². The molecular weight excluding hydrogens is 248 g/mol. The zero-order valence-electron chi connectivity index (χ0n) is 11.1. The van der Waals surface area contributed by atoms with Gasteiger partial charge in [-0.25, -0.2) is 0 Å². The quantitative estimate of drug-likeness (QED) is 0.784. The lowest BCUT2D eigenvalue weighted by Crippen LogP contribution is -2.04. The summed E-state index contributed by atoms with van der Waals surface area (Å²) in [4.78, 5) is 4.58. The number of para-hydroxylation sites is 1. The fraction of sp³-hybridized carbons (Fsp3) is 0.118. The number of aromatic nitrogens is 1. The van der Waals surface area contributed by atoms with Gasteiger partial charge < -0.3 is 10.5 Å². The summed E-state index contributed by atoms with van der Waals surface area (Å²) >= 11 is 0. The van der Waals surface area contributed by atoms with Crippen molar-refractivity contribution >= 4 is 10.9 Å². The number of rotatable bonds is 4. The van der Waals surface area contributed by atoms with Crippen LogP contribution in [-0.2, 0) is 6.42 Å². The van der Waals surface area contributed by atoms with Crippen LogP contribution in [0.2, 0.25) is 0 Å². The zero-order chi connectivity index (χ0) is 13.8. The van der Waals surface area contributed by atoms with E-state index >= 15 is 0 Å². The van der Waals surface area contributed by atoms with Crippen LogP contribution in [0.4, 0.5) is 0 Å². The Morgan fingerprint density at radius 3 is 2.55 bits per heavy atom. The molecule has 1 aromatic heterocycles. The van der Waals surface area contributed by atoms with E-state index in [2.05, 4.69) is 11.1 Å². The van der Waals surface area contributed by atoms with Gasteiger partial charge >= 0.3 is 0 Å². The third-order valence-electron chi connectivity index (χ3n) is 3.10. The van der Waals surface area contributed by atoms with E-state index in [0.717, 1.165) is 34.5 Å². The molecule has 0 atom stereocenters. The molecule has 0 aliphatic rings. The standard InChI is InChI=1S/C17H16N2O/c18-11-10-14-7-6-13-12-16(8-9-17(13)19-14)20-15-4-2-1-3-5-15/h1-9,12H,10-11,18H2. The van der Waals surface area contributed by atoms with Gasteiger partial charge in [-0.2, -0.15) is 0 Å². The van der Waals surface area contributed by atoms with Crippen LogP contribution in [0.25, 0.3) is 10.9 Å². The summed E-state index contributed by atoms with van der Waals surface area (Å²) in [5.74, 6) is 1.65. The molecule has 20 heavy (non-hydrogen) atoms. The highest BCUT2D eigenvalue weighted by atomic mass is 16.5. The third kappa shape index (κ3) is 2.78. The largest absolute Gasteiger partial charge is 0.457 e. The molecular formula is C17H16N2O. The Labute approximate surface area is 118 Å². The van der Waals surface area contributed by atoms with Crippen molar-refractivity contribution in [2.24, 2.45) is 5.73 Å². The predicted octanol–water partition coefficient (Wildman–Crippen LogP) is 3.53. The molecule has 0 aliphatic heterocycles. The maximum Gasteiger partial charge on any atom is 0.128 e. The molecule has 3 rings (SSSR count). The molecule has 100 valence electrons. The molecule has 0 radical (unpaired) electrons. The van der Waals surface area contributed by atoms with Crippen LogP contribution in [0, 0.1) is 0 Å². The Morgan fingerprint density at radius 2 is 1.75 bits per heavy atom. The van der Waals surface area contributed by atoms with E-state index in [4.69, 9.17) is 10.5 Å². The van der Waals surface area contributed by atoms with Crippen LogP contribution in [0.1, 0.15) is 5.69 Å². The van der Waals surface area contributed by atoms with Gasteiger partial charge in [0.25, 0.3) is 0 Å². The average molecular weight is 264 g/mol. The smallest absolute Gasteiger partial charge is 0.128 e. The number of hydrogen-bond donors (Lipinski definition) is 1. The van der Waals surface area contributed by atoms with Gasteiger partial charge in [0.1, 0.15) is 11.5 Å². The molecule has 2 aromatic carbocycles. The summed E-state index contributed by atoms with van der Waals surface area (Å²) in [6.45, 7) is 0.619. The van der Waals surface area contributed by atoms with E-state index in [1.165, 1.54) is 0 Å². The summed E-state index contributed by atoms with van der Waals surface area (Å²) < 4.78 is 5.82. The highest BCUT2D eigenvalue weighted by Gasteiger charge is 2.01. The second-order valence-electron chi connectivity index (χ2n) is 4.61. The van der Waals surface area contributed by atoms with Crippen molar-refractivity contribution < 1.29 is 4.74 Å². The SMILES string of the molecule is NCCc1ccc2cc(Oc3ccccc3)ccc2n1. The van der Waals surface area contributed by atoms with Crippen LogP contribution in [0.15, 0.2) is 60.7 Å². The minimum absolute atomic E-state index is 0.619. The van der Waals surface area contributed by atoms with Crippen LogP contribution in [-0.4, -0.2) is 11.5 Å². The summed E-state index contributed by atoms with van der Waals surface area (Å²) in [5.41, 5.74) is 7.55. The molecule has 0 unspecified atom stereocenters. The van der Waals surface area contributed by atoms with Gasteiger partial charge in [0.15, 0.2) is 0 Å². The summed E-state index contributed by atoms with van der Waals surface area (Å²) in [6.07, 6.45) is 0.804. The van der Waals surface area contributed by atoms with Crippen molar-refractivity contribution in [2.75, 3.05) is 6.54 Å². The van der Waals surface area contributed by atoms with Crippen molar-refractivity contribution in [3.05, 3.63) is 66.4 Å². The number of ether oxygens (including phenoxy) is 1. The fourth-order valence-corrected chi connectivity index (χ4v) is 2.12. The molecule has 0 spiro atoms. The van der Waals surface area contributed by atoms with Crippen molar-refractivity contribution in [3.8, 4) is 11.5 Å². The number of nitrogens with two attached hydrogens (primary N) is 1. The van der Waals surface area contributed by atoms with E-state index in [0.29, 0.717) is 6.54 Å². The van der Waals surface area contributed by atoms with Crippen molar-refractivity contribution in [2.45, 2.75) is 6.42 Å². The number of pyridine rings is 1. The first-order valence-corrected chi connectivity index (χ1v) is 6.68. The molecule has 0 aliphatic carbocycles. The Kier molecular flexibility index (Phi) is 3.61. The number of hydrogen-bond acceptors (Lipinski definition) is 3. The fourth-order valence-electron chi connectivity index (χ4n) is 2.12. The molecule has 3 heteroatoms. The highest BCUT2D eigenvalue weighted by molar-refractivity contribution is 5.80. The minimum atomic E-state index is 0.619. The van der Waals surface area contributed by atoms with Gasteiger partial charge in [-0.15, -0.1) is 0 Å². The second-order valence-corrected chi connectivity index (χ2v) is 4.61. The van der Waals surface area contributed by atoms with Gasteiger partial charge in [-0.1, -0.05) is 24.3 Å². The summed E-state index contributed by atoms with van der Waals surface area (Å²) in [5, 5.41) is 1.07. The maximum atomic E-state index is 5.82. The highest BCUT2D eigenvalue weighted by Crippen LogP contribution is 2.24. The maximum absolute atomic E-state index is 5.82. The first-order chi connectivity index (χ1) is 9.85. The molecule has 0 amide bonds. The predicted molar refractivity (Wildman–Crippen MR) is 81.0 cm³/mol. The molecule has 0 bridgehead atoms. The Balaban J connectivity index is 1.89.